The highest BCUT2D eigenvalue weighted by molar-refractivity contribution is 7.07. The van der Waals surface area contributed by atoms with Gasteiger partial charge in [0.25, 0.3) is 11.5 Å². The molecule has 0 spiro atoms. The third-order valence-corrected chi connectivity index (χ3v) is 6.74. The Balaban J connectivity index is 1.80. The number of rotatable bonds is 8. The maximum atomic E-state index is 12.9. The van der Waals surface area contributed by atoms with Crippen LogP contribution in [0.3, 0.4) is 0 Å². The minimum absolute atomic E-state index is 0.183. The second-order valence-electron chi connectivity index (χ2n) is 8.40. The third-order valence-electron chi connectivity index (χ3n) is 5.61. The van der Waals surface area contributed by atoms with Crippen LogP contribution in [0.5, 0.6) is 0 Å². The summed E-state index contributed by atoms with van der Waals surface area (Å²) in [6.07, 6.45) is 2.98. The van der Waals surface area contributed by atoms with Gasteiger partial charge in [-0.3, -0.25) is 19.1 Å². The van der Waals surface area contributed by atoms with Gasteiger partial charge in [-0.15, -0.1) is 11.3 Å². The van der Waals surface area contributed by atoms with Gasteiger partial charge in [-0.1, -0.05) is 12.1 Å². The van der Waals surface area contributed by atoms with E-state index in [1.165, 1.54) is 10.1 Å². The first-order valence-electron chi connectivity index (χ1n) is 11.6. The van der Waals surface area contributed by atoms with Crippen LogP contribution in [0.15, 0.2) is 29.1 Å². The average molecular weight is 495 g/mol. The fourth-order valence-electron chi connectivity index (χ4n) is 4.12. The van der Waals surface area contributed by atoms with E-state index in [0.29, 0.717) is 11.1 Å². The molecule has 1 fully saturated rings. The van der Waals surface area contributed by atoms with Gasteiger partial charge in [-0.05, 0) is 44.9 Å². The van der Waals surface area contributed by atoms with E-state index in [2.05, 4.69) is 41.5 Å². The van der Waals surface area contributed by atoms with Crippen molar-refractivity contribution in [2.75, 3.05) is 31.5 Å². The minimum Gasteiger partial charge on any atom is -0.373 e. The molecule has 0 radical (unpaired) electrons. The van der Waals surface area contributed by atoms with Crippen molar-refractivity contribution in [3.05, 3.63) is 49.4 Å². The number of aromatic nitrogens is 1. The molecular weight excluding hydrogens is 464 g/mol. The van der Waals surface area contributed by atoms with Crippen molar-refractivity contribution >= 4 is 34.7 Å². The molecule has 9 nitrogen and oxygen atoms in total. The number of ether oxygens (including phenoxy) is 1. The van der Waals surface area contributed by atoms with Crippen LogP contribution in [-0.2, 0) is 22.5 Å². The second kappa shape index (κ2) is 12.3. The smallest absolute Gasteiger partial charge is 0.270 e. The lowest BCUT2D eigenvalue weighted by Gasteiger charge is -2.35. The number of carbonyl (C=O) groups excluding carboxylic acids is 1. The number of morpholine rings is 1. The van der Waals surface area contributed by atoms with Gasteiger partial charge in [0.1, 0.15) is 21.8 Å². The Morgan fingerprint density at radius 2 is 2.03 bits per heavy atom. The molecule has 0 aliphatic carbocycles. The molecule has 1 aromatic carbocycles. The number of nitriles is 2. The predicted octanol–water partition coefficient (Wildman–Crippen LogP) is 0.746. The zero-order chi connectivity index (χ0) is 25.4. The first kappa shape index (κ1) is 26.2. The molecule has 10 heteroatoms. The Labute approximate surface area is 208 Å². The number of hydrogen-bond donors (Lipinski definition) is 2. The molecular formula is C25H30N6O3S. The summed E-state index contributed by atoms with van der Waals surface area (Å²) in [6.45, 7) is 8.87. The molecule has 2 N–H and O–H groups in total. The molecule has 3 rings (SSSR count). The van der Waals surface area contributed by atoms with Gasteiger partial charge in [0.05, 0.1) is 18.3 Å². The molecule has 35 heavy (non-hydrogen) atoms. The molecule has 2 heterocycles. The predicted molar refractivity (Wildman–Crippen MR) is 136 cm³/mol. The zero-order valence-corrected chi connectivity index (χ0v) is 21.0. The second-order valence-corrected chi connectivity index (χ2v) is 9.44. The van der Waals surface area contributed by atoms with Crippen molar-refractivity contribution in [3.8, 4) is 12.1 Å². The Morgan fingerprint density at radius 1 is 1.29 bits per heavy atom. The monoisotopic (exact) mass is 494 g/mol. The maximum absolute atomic E-state index is 12.9. The lowest BCUT2D eigenvalue weighted by Crippen LogP contribution is -2.46. The lowest BCUT2D eigenvalue weighted by molar-refractivity contribution is -0.115. The van der Waals surface area contributed by atoms with E-state index in [4.69, 9.17) is 10.00 Å². The topological polar surface area (TPSA) is 123 Å². The van der Waals surface area contributed by atoms with Crippen molar-refractivity contribution in [1.82, 2.24) is 14.8 Å². The van der Waals surface area contributed by atoms with Crippen molar-refractivity contribution < 1.29 is 9.53 Å². The first-order chi connectivity index (χ1) is 16.9. The van der Waals surface area contributed by atoms with Crippen LogP contribution >= 0.6 is 11.3 Å². The van der Waals surface area contributed by atoms with Gasteiger partial charge >= 0.3 is 0 Å². The van der Waals surface area contributed by atoms with Crippen molar-refractivity contribution in [2.45, 2.75) is 45.9 Å². The van der Waals surface area contributed by atoms with Gasteiger partial charge in [-0.2, -0.15) is 10.5 Å². The molecule has 2 unspecified atom stereocenters. The number of amides is 1. The third kappa shape index (κ3) is 6.80. The van der Waals surface area contributed by atoms with Crippen molar-refractivity contribution in [3.63, 3.8) is 0 Å². The molecule has 184 valence electrons. The van der Waals surface area contributed by atoms with Crippen LogP contribution in [0.25, 0.3) is 11.8 Å². The number of nitrogens with one attached hydrogen (secondary N) is 2. The van der Waals surface area contributed by atoms with E-state index in [-0.39, 0.29) is 34.5 Å². The average Bonchev–Trinajstić information content (AvgIpc) is 3.15. The number of benzene rings is 1. The Kier molecular flexibility index (Phi) is 9.21. The first-order valence-corrected chi connectivity index (χ1v) is 12.4. The molecule has 1 amide bonds. The van der Waals surface area contributed by atoms with Crippen LogP contribution in [0.1, 0.15) is 26.3 Å². The van der Waals surface area contributed by atoms with Gasteiger partial charge in [0, 0.05) is 38.1 Å². The summed E-state index contributed by atoms with van der Waals surface area (Å²) in [6, 6.07) is 11.7. The summed E-state index contributed by atoms with van der Waals surface area (Å²) in [5.74, 6) is -0.672. The summed E-state index contributed by atoms with van der Waals surface area (Å²) in [7, 11) is 0. The number of carbonyl (C=O) groups is 1. The fourth-order valence-corrected chi connectivity index (χ4v) is 5.20. The molecule has 1 saturated heterocycles. The van der Waals surface area contributed by atoms with Crippen LogP contribution in [0.4, 0.5) is 5.69 Å². The maximum Gasteiger partial charge on any atom is 0.270 e. The summed E-state index contributed by atoms with van der Waals surface area (Å²) in [4.78, 5) is 27.6. The van der Waals surface area contributed by atoms with Gasteiger partial charge < -0.3 is 15.4 Å². The van der Waals surface area contributed by atoms with E-state index < -0.39 is 5.91 Å². The lowest BCUT2D eigenvalue weighted by atomic mass is 10.1. The number of thiazole rings is 1. The van der Waals surface area contributed by atoms with Gasteiger partial charge in [-0.25, -0.2) is 0 Å². The summed E-state index contributed by atoms with van der Waals surface area (Å²) < 4.78 is 7.85. The molecule has 1 aliphatic heterocycles. The van der Waals surface area contributed by atoms with Crippen LogP contribution in [0.2, 0.25) is 0 Å². The molecule has 0 bridgehead atoms. The quantitative estimate of drug-likeness (QED) is 0.519. The highest BCUT2D eigenvalue weighted by Gasteiger charge is 2.21. The van der Waals surface area contributed by atoms with E-state index in [1.54, 1.807) is 19.2 Å². The van der Waals surface area contributed by atoms with Crippen molar-refractivity contribution in [2.24, 2.45) is 0 Å². The molecule has 2 aromatic rings. The largest absolute Gasteiger partial charge is 0.373 e. The Morgan fingerprint density at radius 3 is 2.69 bits per heavy atom. The highest BCUT2D eigenvalue weighted by atomic mass is 32.1. The minimum atomic E-state index is -0.672. The summed E-state index contributed by atoms with van der Waals surface area (Å²) in [5, 5.41) is 23.7. The number of anilines is 1. The molecule has 2 atom stereocenters. The number of hydrogen-bond acceptors (Lipinski definition) is 8. The standard InChI is InChI=1S/C25H30N6O3S/c1-4-31-24(33)22(35-25(31)21(13-27)23(32)28-10-9-26)14-29-20-7-5-6-19(12-20)8-11-30-15-17(2)34-18(3)16-30/h5-7,12,14,17-18,29H,4,8,10-11,15-16H2,1-3H3,(H,28,32). The Bertz CT molecular complexity index is 1310. The highest BCUT2D eigenvalue weighted by Crippen LogP contribution is 2.14. The molecule has 1 aromatic heterocycles. The van der Waals surface area contributed by atoms with E-state index >= 15 is 0 Å². The van der Waals surface area contributed by atoms with Crippen LogP contribution < -0.4 is 25.4 Å². The van der Waals surface area contributed by atoms with E-state index in [9.17, 15) is 14.9 Å². The normalized spacial score (nSPS) is 19.5. The molecule has 0 saturated carbocycles. The Hall–Kier alpha value is -3.44. The summed E-state index contributed by atoms with van der Waals surface area (Å²) in [5.41, 5.74) is 1.56. The van der Waals surface area contributed by atoms with Gasteiger partial charge in [0.15, 0.2) is 5.57 Å². The van der Waals surface area contributed by atoms with E-state index in [1.807, 2.05) is 18.2 Å². The zero-order valence-electron chi connectivity index (χ0n) is 20.2. The summed E-state index contributed by atoms with van der Waals surface area (Å²) >= 11 is 1.07. The fraction of sp³-hybridized carbons (Fsp3) is 0.440. The van der Waals surface area contributed by atoms with Crippen LogP contribution in [-0.4, -0.2) is 53.8 Å². The van der Waals surface area contributed by atoms with E-state index in [0.717, 1.165) is 43.1 Å². The van der Waals surface area contributed by atoms with Gasteiger partial charge in [0.2, 0.25) is 0 Å². The van der Waals surface area contributed by atoms with Crippen molar-refractivity contribution in [1.29, 1.82) is 10.5 Å². The van der Waals surface area contributed by atoms with Crippen LogP contribution in [0, 0.1) is 22.7 Å². The number of nitrogens with zero attached hydrogens (tertiary/aromatic N) is 4. The molecule has 1 aliphatic rings. The SMILES string of the molecule is CCn1c(=C(C#N)C(=O)NCC#N)sc(=CNc2cccc(CCN3CC(C)OC(C)C3)c2)c1=O.